The molecule has 0 aromatic heterocycles. The number of hydrogen-bond acceptors (Lipinski definition) is 2. The zero-order chi connectivity index (χ0) is 7.14. The van der Waals surface area contributed by atoms with Gasteiger partial charge in [0.15, 0.2) is 0 Å². The van der Waals surface area contributed by atoms with Gasteiger partial charge in [-0.2, -0.15) is 0 Å². The van der Waals surface area contributed by atoms with Crippen molar-refractivity contribution < 1.29 is 4.79 Å². The first-order valence-corrected chi connectivity index (χ1v) is 3.83. The van der Waals surface area contributed by atoms with E-state index in [1.807, 2.05) is 0 Å². The van der Waals surface area contributed by atoms with Gasteiger partial charge in [0.25, 0.3) is 0 Å². The van der Waals surface area contributed by atoms with E-state index in [1.54, 1.807) is 0 Å². The molecule has 1 heterocycles. The van der Waals surface area contributed by atoms with Crippen LogP contribution in [0, 0.1) is 5.92 Å². The summed E-state index contributed by atoms with van der Waals surface area (Å²) in [6, 6.07) is 0.571. The third-order valence-corrected chi connectivity index (χ3v) is 2.67. The van der Waals surface area contributed by atoms with Crippen molar-refractivity contribution in [2.75, 3.05) is 0 Å². The van der Waals surface area contributed by atoms with E-state index in [0.29, 0.717) is 12.0 Å². The molecule has 0 unspecified atom stereocenters. The lowest BCUT2D eigenvalue weighted by molar-refractivity contribution is -0.120. The van der Waals surface area contributed by atoms with Crippen molar-refractivity contribution in [3.8, 4) is 0 Å². The maximum atomic E-state index is 10.8. The first-order valence-electron chi connectivity index (χ1n) is 3.83. The summed E-state index contributed by atoms with van der Waals surface area (Å²) in [5.74, 6) is 0.370. The zero-order valence-electron chi connectivity index (χ0n) is 6.25. The molecule has 2 rings (SSSR count). The standard InChI is InChI=1S/C7H12N2O.ClH/c8-7(10)6-4-1-2-5(3-4)9-6;/h4-6,9H,1-3H2,(H2,8,10);1H/t4-,5+,6-;/m0./s1. The predicted molar refractivity (Wildman–Crippen MR) is 44.5 cm³/mol. The largest absolute Gasteiger partial charge is 0.368 e. The molecule has 0 radical (unpaired) electrons. The van der Waals surface area contributed by atoms with Crippen LogP contribution < -0.4 is 11.1 Å². The summed E-state index contributed by atoms with van der Waals surface area (Å²) in [5, 5.41) is 3.22. The summed E-state index contributed by atoms with van der Waals surface area (Å²) >= 11 is 0. The topological polar surface area (TPSA) is 55.1 Å². The fourth-order valence-corrected chi connectivity index (χ4v) is 2.17. The van der Waals surface area contributed by atoms with Crippen LogP contribution >= 0.6 is 12.4 Å². The lowest BCUT2D eigenvalue weighted by Gasteiger charge is -2.19. The molecular formula is C7H13ClN2O. The van der Waals surface area contributed by atoms with Crippen molar-refractivity contribution in [1.82, 2.24) is 5.32 Å². The number of nitrogens with one attached hydrogen (secondary N) is 1. The Kier molecular flexibility index (Phi) is 2.40. The molecule has 1 aliphatic carbocycles. The quantitative estimate of drug-likeness (QED) is 0.593. The molecule has 2 fully saturated rings. The van der Waals surface area contributed by atoms with Gasteiger partial charge in [-0.05, 0) is 25.2 Å². The second kappa shape index (κ2) is 2.99. The van der Waals surface area contributed by atoms with Crippen LogP contribution in [0.4, 0.5) is 0 Å². The van der Waals surface area contributed by atoms with Crippen LogP contribution in [0.25, 0.3) is 0 Å². The van der Waals surface area contributed by atoms with Crippen molar-refractivity contribution in [3.63, 3.8) is 0 Å². The number of amides is 1. The Morgan fingerprint density at radius 1 is 1.45 bits per heavy atom. The molecule has 1 amide bonds. The summed E-state index contributed by atoms with van der Waals surface area (Å²) < 4.78 is 0. The molecule has 2 bridgehead atoms. The minimum atomic E-state index is -0.174. The Hall–Kier alpha value is -0.280. The molecule has 0 aromatic carbocycles. The van der Waals surface area contributed by atoms with E-state index < -0.39 is 0 Å². The van der Waals surface area contributed by atoms with Crippen LogP contribution in [-0.4, -0.2) is 18.0 Å². The Morgan fingerprint density at radius 3 is 2.45 bits per heavy atom. The second-order valence-corrected chi connectivity index (χ2v) is 3.32. The monoisotopic (exact) mass is 176 g/mol. The molecular weight excluding hydrogens is 164 g/mol. The van der Waals surface area contributed by atoms with Crippen molar-refractivity contribution in [2.45, 2.75) is 31.3 Å². The summed E-state index contributed by atoms with van der Waals surface area (Å²) in [6.07, 6.45) is 3.58. The van der Waals surface area contributed by atoms with Crippen molar-refractivity contribution in [1.29, 1.82) is 0 Å². The first-order chi connectivity index (χ1) is 4.77. The number of halogens is 1. The first kappa shape index (κ1) is 8.81. The average Bonchev–Trinajstić information content (AvgIpc) is 2.44. The van der Waals surface area contributed by atoms with Crippen LogP contribution in [0.3, 0.4) is 0 Å². The van der Waals surface area contributed by atoms with Crippen LogP contribution in [0.1, 0.15) is 19.3 Å². The number of carbonyl (C=O) groups is 1. The molecule has 64 valence electrons. The lowest BCUT2D eigenvalue weighted by Crippen LogP contribution is -2.45. The van der Waals surface area contributed by atoms with Gasteiger partial charge in [0.05, 0.1) is 6.04 Å². The third kappa shape index (κ3) is 1.35. The molecule has 4 heteroatoms. The van der Waals surface area contributed by atoms with E-state index in [2.05, 4.69) is 5.32 Å². The summed E-state index contributed by atoms with van der Waals surface area (Å²) in [6.45, 7) is 0. The molecule has 1 saturated carbocycles. The van der Waals surface area contributed by atoms with Crippen molar-refractivity contribution in [3.05, 3.63) is 0 Å². The molecule has 0 spiro atoms. The maximum Gasteiger partial charge on any atom is 0.234 e. The highest BCUT2D eigenvalue weighted by Gasteiger charge is 2.41. The number of carbonyl (C=O) groups excluding carboxylic acids is 1. The Bertz CT molecular complexity index is 174. The summed E-state index contributed by atoms with van der Waals surface area (Å²) in [5.41, 5.74) is 5.18. The third-order valence-electron chi connectivity index (χ3n) is 2.67. The van der Waals surface area contributed by atoms with Crippen molar-refractivity contribution >= 4 is 18.3 Å². The van der Waals surface area contributed by atoms with Gasteiger partial charge in [0.2, 0.25) is 5.91 Å². The summed E-state index contributed by atoms with van der Waals surface area (Å²) in [7, 11) is 0. The fraction of sp³-hybridized carbons (Fsp3) is 0.857. The number of nitrogens with two attached hydrogens (primary N) is 1. The predicted octanol–water partition coefficient (Wildman–Crippen LogP) is 0.0340. The van der Waals surface area contributed by atoms with E-state index in [9.17, 15) is 4.79 Å². The minimum absolute atomic E-state index is 0. The van der Waals surface area contributed by atoms with E-state index in [-0.39, 0.29) is 24.4 Å². The molecule has 1 saturated heterocycles. The fourth-order valence-electron chi connectivity index (χ4n) is 2.17. The highest BCUT2D eigenvalue weighted by atomic mass is 35.5. The van der Waals surface area contributed by atoms with Crippen LogP contribution in [-0.2, 0) is 4.79 Å². The number of hydrogen-bond donors (Lipinski definition) is 2. The lowest BCUT2D eigenvalue weighted by atomic mass is 10.00. The molecule has 3 N–H and O–H groups in total. The van der Waals surface area contributed by atoms with E-state index in [0.717, 1.165) is 6.42 Å². The van der Waals surface area contributed by atoms with Gasteiger partial charge >= 0.3 is 0 Å². The average molecular weight is 177 g/mol. The van der Waals surface area contributed by atoms with Crippen LogP contribution in [0.5, 0.6) is 0 Å². The number of primary amides is 1. The highest BCUT2D eigenvalue weighted by Crippen LogP contribution is 2.34. The number of rotatable bonds is 1. The van der Waals surface area contributed by atoms with Gasteiger partial charge < -0.3 is 11.1 Å². The van der Waals surface area contributed by atoms with Crippen LogP contribution in [0.2, 0.25) is 0 Å². The van der Waals surface area contributed by atoms with E-state index >= 15 is 0 Å². The van der Waals surface area contributed by atoms with Gasteiger partial charge in [-0.1, -0.05) is 0 Å². The van der Waals surface area contributed by atoms with E-state index in [4.69, 9.17) is 5.73 Å². The number of fused-ring (bicyclic) bond motifs is 2. The summed E-state index contributed by atoms with van der Waals surface area (Å²) in [4.78, 5) is 10.8. The Labute approximate surface area is 72.1 Å². The normalized spacial score (nSPS) is 40.2. The van der Waals surface area contributed by atoms with E-state index in [1.165, 1.54) is 12.8 Å². The van der Waals surface area contributed by atoms with Gasteiger partial charge in [-0.15, -0.1) is 12.4 Å². The highest BCUT2D eigenvalue weighted by molar-refractivity contribution is 5.85. The van der Waals surface area contributed by atoms with Gasteiger partial charge in [-0.25, -0.2) is 0 Å². The molecule has 3 nitrogen and oxygen atoms in total. The Morgan fingerprint density at radius 2 is 2.18 bits per heavy atom. The van der Waals surface area contributed by atoms with Gasteiger partial charge in [-0.3, -0.25) is 4.79 Å². The Balaban J connectivity index is 0.000000605. The minimum Gasteiger partial charge on any atom is -0.368 e. The van der Waals surface area contributed by atoms with Gasteiger partial charge in [0, 0.05) is 6.04 Å². The van der Waals surface area contributed by atoms with Gasteiger partial charge in [0.1, 0.15) is 0 Å². The van der Waals surface area contributed by atoms with Crippen LogP contribution in [0.15, 0.2) is 0 Å². The molecule has 2 aliphatic rings. The number of piperidine rings is 1. The zero-order valence-corrected chi connectivity index (χ0v) is 7.06. The second-order valence-electron chi connectivity index (χ2n) is 3.32. The molecule has 0 aromatic rings. The molecule has 3 atom stereocenters. The van der Waals surface area contributed by atoms with Crippen molar-refractivity contribution in [2.24, 2.45) is 11.7 Å². The maximum absolute atomic E-state index is 10.8. The SMILES string of the molecule is Cl.NC(=O)[C@H]1N[C@@H]2CC[C@H]1C2. The molecule has 11 heavy (non-hydrogen) atoms. The molecule has 1 aliphatic heterocycles. The smallest absolute Gasteiger partial charge is 0.234 e.